The van der Waals surface area contributed by atoms with Crippen LogP contribution in [0, 0.1) is 5.92 Å². The molecule has 0 saturated carbocycles. The smallest absolute Gasteiger partial charge is 0.104 e. The molecular weight excluding hydrogens is 260 g/mol. The highest BCUT2D eigenvalue weighted by Crippen LogP contribution is 2.15. The van der Waals surface area contributed by atoms with Crippen LogP contribution in [0.5, 0.6) is 0 Å². The van der Waals surface area contributed by atoms with Gasteiger partial charge in [0.15, 0.2) is 0 Å². The van der Waals surface area contributed by atoms with Gasteiger partial charge in [0.05, 0.1) is 13.2 Å². The van der Waals surface area contributed by atoms with Gasteiger partial charge in [-0.2, -0.15) is 0 Å². The van der Waals surface area contributed by atoms with Crippen LogP contribution >= 0.6 is 0 Å². The summed E-state index contributed by atoms with van der Waals surface area (Å²) in [6.45, 7) is 7.23. The normalized spacial score (nSPS) is 18.9. The maximum atomic E-state index is 5.64. The highest BCUT2D eigenvalue weighted by molar-refractivity contribution is 4.67. The summed E-state index contributed by atoms with van der Waals surface area (Å²) >= 11 is 0. The Hall–Kier alpha value is -0.0800. The van der Waals surface area contributed by atoms with Crippen LogP contribution in [-0.4, -0.2) is 25.9 Å². The summed E-state index contributed by atoms with van der Waals surface area (Å²) in [4.78, 5) is 0. The number of hydrogen-bond acceptors (Lipinski definition) is 2. The Bertz CT molecular complexity index is 214. The first-order chi connectivity index (χ1) is 10.3. The van der Waals surface area contributed by atoms with Crippen molar-refractivity contribution < 1.29 is 9.47 Å². The molecule has 0 aliphatic carbocycles. The summed E-state index contributed by atoms with van der Waals surface area (Å²) in [6.07, 6.45) is 17.4. The number of ether oxygens (including phenoxy) is 2. The quantitative estimate of drug-likeness (QED) is 0.268. The van der Waals surface area contributed by atoms with E-state index in [1.807, 2.05) is 0 Å². The van der Waals surface area contributed by atoms with Crippen molar-refractivity contribution in [3.8, 4) is 0 Å². The van der Waals surface area contributed by atoms with E-state index < -0.39 is 0 Å². The first-order valence-corrected chi connectivity index (χ1v) is 9.52. The molecule has 1 heterocycles. The Kier molecular flexibility index (Phi) is 12.3. The zero-order chi connectivity index (χ0) is 15.2. The van der Waals surface area contributed by atoms with Crippen molar-refractivity contribution in [3.63, 3.8) is 0 Å². The van der Waals surface area contributed by atoms with Gasteiger partial charge in [-0.3, -0.25) is 0 Å². The lowest BCUT2D eigenvalue weighted by atomic mass is 10.0. The van der Waals surface area contributed by atoms with Crippen LogP contribution in [0.15, 0.2) is 0 Å². The zero-order valence-electron chi connectivity index (χ0n) is 14.6. The summed E-state index contributed by atoms with van der Waals surface area (Å²) in [5, 5.41) is 0. The maximum absolute atomic E-state index is 5.64. The Morgan fingerprint density at radius 3 is 1.95 bits per heavy atom. The third-order valence-electron chi connectivity index (χ3n) is 4.41. The van der Waals surface area contributed by atoms with E-state index in [-0.39, 0.29) is 0 Å². The second-order valence-electron chi connectivity index (χ2n) is 6.92. The molecule has 0 bridgehead atoms. The largest absolute Gasteiger partial charge is 0.378 e. The predicted molar refractivity (Wildman–Crippen MR) is 90.8 cm³/mol. The maximum Gasteiger partial charge on any atom is 0.104 e. The van der Waals surface area contributed by atoms with Crippen LogP contribution < -0.4 is 0 Å². The molecule has 2 nitrogen and oxygen atoms in total. The molecule has 1 aliphatic rings. The van der Waals surface area contributed by atoms with Crippen LogP contribution in [0.25, 0.3) is 0 Å². The summed E-state index contributed by atoms with van der Waals surface area (Å²) in [6, 6.07) is 0. The van der Waals surface area contributed by atoms with Crippen LogP contribution in [0.4, 0.5) is 0 Å². The second-order valence-corrected chi connectivity index (χ2v) is 6.92. The average molecular weight is 299 g/mol. The van der Waals surface area contributed by atoms with Crippen molar-refractivity contribution in [3.05, 3.63) is 0 Å². The molecule has 0 amide bonds. The van der Waals surface area contributed by atoms with Crippen molar-refractivity contribution in [1.82, 2.24) is 0 Å². The molecule has 0 aromatic carbocycles. The van der Waals surface area contributed by atoms with Crippen molar-refractivity contribution in [2.45, 2.75) is 97.0 Å². The highest BCUT2D eigenvalue weighted by atomic mass is 16.6. The number of unbranched alkanes of at least 4 members (excludes halogenated alkanes) is 10. The van der Waals surface area contributed by atoms with Crippen LogP contribution in [0.3, 0.4) is 0 Å². The molecule has 126 valence electrons. The van der Waals surface area contributed by atoms with Crippen molar-refractivity contribution in [2.75, 3.05) is 19.8 Å². The summed E-state index contributed by atoms with van der Waals surface area (Å²) in [7, 11) is 0. The van der Waals surface area contributed by atoms with Crippen molar-refractivity contribution in [1.29, 1.82) is 0 Å². The molecule has 1 saturated heterocycles. The van der Waals surface area contributed by atoms with Gasteiger partial charge in [0.1, 0.15) is 6.10 Å². The Labute approximate surface area is 133 Å². The molecule has 0 spiro atoms. The minimum Gasteiger partial charge on any atom is -0.378 e. The minimum atomic E-state index is 0.416. The molecule has 1 rings (SSSR count). The van der Waals surface area contributed by atoms with Gasteiger partial charge in [-0.25, -0.2) is 0 Å². The predicted octanol–water partition coefficient (Wildman–Crippen LogP) is 5.74. The Balaban J connectivity index is 1.69. The van der Waals surface area contributed by atoms with Crippen LogP contribution in [0.2, 0.25) is 0 Å². The van der Waals surface area contributed by atoms with Crippen molar-refractivity contribution in [2.24, 2.45) is 5.92 Å². The Morgan fingerprint density at radius 1 is 0.905 bits per heavy atom. The van der Waals surface area contributed by atoms with Gasteiger partial charge < -0.3 is 9.47 Å². The molecule has 1 fully saturated rings. The standard InChI is InChI=1S/C19H38O2/c1-3-4-5-6-7-8-9-10-11-12-13-14-18(2)15-20-16-19-17-21-19/h18-19H,3-17H2,1-2H3. The fraction of sp³-hybridized carbons (Fsp3) is 1.00. The topological polar surface area (TPSA) is 21.8 Å². The lowest BCUT2D eigenvalue weighted by Gasteiger charge is -2.11. The molecule has 1 aliphatic heterocycles. The number of rotatable bonds is 16. The lowest BCUT2D eigenvalue weighted by molar-refractivity contribution is 0.0875. The minimum absolute atomic E-state index is 0.416. The third kappa shape index (κ3) is 13.3. The lowest BCUT2D eigenvalue weighted by Crippen LogP contribution is -2.09. The number of hydrogen-bond donors (Lipinski definition) is 0. The Morgan fingerprint density at radius 2 is 1.43 bits per heavy atom. The van der Waals surface area contributed by atoms with Gasteiger partial charge in [-0.1, -0.05) is 84.5 Å². The molecular formula is C19H38O2. The summed E-state index contributed by atoms with van der Waals surface area (Å²) < 4.78 is 10.8. The zero-order valence-corrected chi connectivity index (χ0v) is 14.6. The molecule has 2 atom stereocenters. The molecule has 0 radical (unpaired) electrons. The van der Waals surface area contributed by atoms with Gasteiger partial charge in [-0.15, -0.1) is 0 Å². The van der Waals surface area contributed by atoms with Gasteiger partial charge in [0.2, 0.25) is 0 Å². The van der Waals surface area contributed by atoms with E-state index in [1.54, 1.807) is 0 Å². The molecule has 2 unspecified atom stereocenters. The fourth-order valence-corrected chi connectivity index (χ4v) is 2.81. The first kappa shape index (κ1) is 19.0. The van der Waals surface area contributed by atoms with E-state index in [4.69, 9.17) is 9.47 Å². The molecule has 0 aromatic rings. The molecule has 0 N–H and O–H groups in total. The summed E-state index contributed by atoms with van der Waals surface area (Å²) in [5.41, 5.74) is 0. The van der Waals surface area contributed by atoms with Gasteiger partial charge in [0.25, 0.3) is 0 Å². The van der Waals surface area contributed by atoms with Gasteiger partial charge in [0, 0.05) is 6.61 Å². The van der Waals surface area contributed by atoms with E-state index in [9.17, 15) is 0 Å². The van der Waals surface area contributed by atoms with E-state index in [0.717, 1.165) is 19.8 Å². The third-order valence-corrected chi connectivity index (χ3v) is 4.41. The van der Waals surface area contributed by atoms with Gasteiger partial charge in [-0.05, 0) is 12.3 Å². The number of epoxide rings is 1. The van der Waals surface area contributed by atoms with Crippen LogP contribution in [0.1, 0.15) is 90.9 Å². The van der Waals surface area contributed by atoms with E-state index >= 15 is 0 Å². The SMILES string of the molecule is CCCCCCCCCCCCCC(C)COCC1CO1. The summed E-state index contributed by atoms with van der Waals surface area (Å²) in [5.74, 6) is 0.710. The van der Waals surface area contributed by atoms with Crippen LogP contribution in [-0.2, 0) is 9.47 Å². The second kappa shape index (κ2) is 13.6. The first-order valence-electron chi connectivity index (χ1n) is 9.52. The average Bonchev–Trinajstić information content (AvgIpc) is 3.29. The fourth-order valence-electron chi connectivity index (χ4n) is 2.81. The van der Waals surface area contributed by atoms with E-state index in [2.05, 4.69) is 13.8 Å². The monoisotopic (exact) mass is 298 g/mol. The molecule has 0 aromatic heterocycles. The van der Waals surface area contributed by atoms with E-state index in [0.29, 0.717) is 12.0 Å². The molecule has 21 heavy (non-hydrogen) atoms. The van der Waals surface area contributed by atoms with Crippen molar-refractivity contribution >= 4 is 0 Å². The highest BCUT2D eigenvalue weighted by Gasteiger charge is 2.22. The van der Waals surface area contributed by atoms with E-state index in [1.165, 1.54) is 77.0 Å². The van der Waals surface area contributed by atoms with Gasteiger partial charge >= 0.3 is 0 Å². The molecule has 2 heteroatoms.